The predicted octanol–water partition coefficient (Wildman–Crippen LogP) is 3.97. The minimum absolute atomic E-state index is 0.0464. The third kappa shape index (κ3) is 4.99. The van der Waals surface area contributed by atoms with E-state index in [0.717, 1.165) is 54.8 Å². The van der Waals surface area contributed by atoms with Crippen molar-refractivity contribution in [1.82, 2.24) is 20.2 Å². The van der Waals surface area contributed by atoms with Gasteiger partial charge in [-0.3, -0.25) is 9.69 Å². The highest BCUT2D eigenvalue weighted by Crippen LogP contribution is 2.41. The minimum atomic E-state index is -0.0464. The zero-order valence-electron chi connectivity index (χ0n) is 19.3. The van der Waals surface area contributed by atoms with Crippen LogP contribution in [0.25, 0.3) is 11.5 Å². The fourth-order valence-corrected chi connectivity index (χ4v) is 5.31. The molecule has 0 spiro atoms. The van der Waals surface area contributed by atoms with Crippen LogP contribution in [0, 0.1) is 12.8 Å². The largest absolute Gasteiger partial charge is 0.463 e. The predicted molar refractivity (Wildman–Crippen MR) is 128 cm³/mol. The topological polar surface area (TPSA) is 83.3 Å². The lowest BCUT2D eigenvalue weighted by molar-refractivity contribution is -0.114. The zero-order chi connectivity index (χ0) is 22.8. The number of piperidine rings is 3. The first-order chi connectivity index (χ1) is 16.0. The number of aromatic nitrogens is 2. The molecular weight excluding hydrogens is 414 g/mol. The van der Waals surface area contributed by atoms with Gasteiger partial charge >= 0.3 is 0 Å². The molecule has 2 aromatic heterocycles. The van der Waals surface area contributed by atoms with Crippen LogP contribution in [-0.4, -0.2) is 46.5 Å². The molecule has 3 fully saturated rings. The van der Waals surface area contributed by atoms with Crippen LogP contribution < -0.4 is 10.6 Å². The highest BCUT2D eigenvalue weighted by atomic mass is 16.3. The van der Waals surface area contributed by atoms with E-state index in [1.807, 2.05) is 31.2 Å². The van der Waals surface area contributed by atoms with Gasteiger partial charge in [0.2, 0.25) is 5.91 Å². The van der Waals surface area contributed by atoms with Crippen LogP contribution in [0.15, 0.2) is 53.1 Å². The van der Waals surface area contributed by atoms with E-state index in [2.05, 4.69) is 38.7 Å². The van der Waals surface area contributed by atoms with Gasteiger partial charge in [-0.1, -0.05) is 12.1 Å². The van der Waals surface area contributed by atoms with Crippen LogP contribution in [0.4, 0.5) is 5.69 Å². The van der Waals surface area contributed by atoms with E-state index in [1.54, 1.807) is 6.26 Å². The monoisotopic (exact) mass is 445 g/mol. The molecule has 7 heteroatoms. The number of aryl methyl sites for hydroxylation is 1. The second-order valence-corrected chi connectivity index (χ2v) is 9.25. The van der Waals surface area contributed by atoms with Crippen molar-refractivity contribution in [1.29, 1.82) is 0 Å². The molecule has 7 nitrogen and oxygen atoms in total. The third-order valence-corrected chi connectivity index (χ3v) is 6.87. The van der Waals surface area contributed by atoms with Crippen molar-refractivity contribution in [2.75, 3.05) is 25.0 Å². The molecule has 3 saturated heterocycles. The van der Waals surface area contributed by atoms with Crippen LogP contribution in [0.1, 0.15) is 42.8 Å². The number of fused-ring (bicyclic) bond motifs is 3. The molecule has 0 aliphatic carbocycles. The van der Waals surface area contributed by atoms with Gasteiger partial charge in [0.05, 0.1) is 6.26 Å². The zero-order valence-corrected chi connectivity index (χ0v) is 19.3. The highest BCUT2D eigenvalue weighted by molar-refractivity contribution is 5.88. The van der Waals surface area contributed by atoms with E-state index in [0.29, 0.717) is 17.9 Å². The summed E-state index contributed by atoms with van der Waals surface area (Å²) in [6.07, 6.45) is 4.11. The maximum absolute atomic E-state index is 11.2. The molecule has 1 aromatic carbocycles. The summed E-state index contributed by atoms with van der Waals surface area (Å²) in [6, 6.07) is 14.6. The summed E-state index contributed by atoms with van der Waals surface area (Å²) in [7, 11) is 0. The second-order valence-electron chi connectivity index (χ2n) is 9.25. The smallest absolute Gasteiger partial charge is 0.221 e. The van der Waals surface area contributed by atoms with Crippen LogP contribution in [0.3, 0.4) is 0 Å². The number of furan rings is 1. The summed E-state index contributed by atoms with van der Waals surface area (Å²) in [6.45, 7) is 7.52. The molecular formula is C26H31N5O2. The minimum Gasteiger partial charge on any atom is -0.463 e. The first kappa shape index (κ1) is 21.8. The molecule has 172 valence electrons. The molecule has 1 amide bonds. The molecule has 6 rings (SSSR count). The fourth-order valence-electron chi connectivity index (χ4n) is 5.31. The molecule has 4 unspecified atom stereocenters. The first-order valence-corrected chi connectivity index (χ1v) is 11.8. The van der Waals surface area contributed by atoms with Gasteiger partial charge in [0.1, 0.15) is 11.5 Å². The van der Waals surface area contributed by atoms with Gasteiger partial charge < -0.3 is 15.1 Å². The quantitative estimate of drug-likeness (QED) is 0.573. The van der Waals surface area contributed by atoms with Crippen molar-refractivity contribution < 1.29 is 9.21 Å². The standard InChI is InChI=1S/C26H31N5O2/c1-17-28-24(13-25(29-17)26-4-3-11-33-26)23-16-31-10-9-20(23)12-22(31)15-27-14-19-5-7-21(8-6-19)30-18(2)32/h3-8,11,13,20,22-23,27H,9-10,12,14-16H2,1-2H3,(H,30,32). The van der Waals surface area contributed by atoms with Gasteiger partial charge in [-0.25, -0.2) is 9.97 Å². The number of carbonyl (C=O) groups excluding carboxylic acids is 1. The number of nitrogens with one attached hydrogen (secondary N) is 2. The molecule has 33 heavy (non-hydrogen) atoms. The number of hydrogen-bond donors (Lipinski definition) is 2. The Bertz CT molecular complexity index is 1100. The Morgan fingerprint density at radius 2 is 2.06 bits per heavy atom. The van der Waals surface area contributed by atoms with E-state index >= 15 is 0 Å². The maximum atomic E-state index is 11.2. The van der Waals surface area contributed by atoms with Crippen molar-refractivity contribution in [2.24, 2.45) is 5.92 Å². The molecule has 4 atom stereocenters. The molecule has 2 bridgehead atoms. The lowest BCUT2D eigenvalue weighted by atomic mass is 9.74. The van der Waals surface area contributed by atoms with Crippen LogP contribution >= 0.6 is 0 Å². The van der Waals surface area contributed by atoms with E-state index < -0.39 is 0 Å². The van der Waals surface area contributed by atoms with E-state index in [-0.39, 0.29) is 5.91 Å². The molecule has 3 aromatic rings. The Kier molecular flexibility index (Phi) is 6.24. The first-order valence-electron chi connectivity index (χ1n) is 11.8. The Hall–Kier alpha value is -3.03. The number of benzene rings is 1. The Balaban J connectivity index is 1.19. The Labute approximate surface area is 194 Å². The highest BCUT2D eigenvalue weighted by Gasteiger charge is 2.41. The summed E-state index contributed by atoms with van der Waals surface area (Å²) in [5.74, 6) is 2.66. The Morgan fingerprint density at radius 1 is 1.21 bits per heavy atom. The van der Waals surface area contributed by atoms with E-state index in [1.165, 1.54) is 25.3 Å². The van der Waals surface area contributed by atoms with Crippen LogP contribution in [0.5, 0.6) is 0 Å². The molecule has 3 aliphatic heterocycles. The molecule has 3 aliphatic rings. The van der Waals surface area contributed by atoms with Crippen LogP contribution in [0.2, 0.25) is 0 Å². The van der Waals surface area contributed by atoms with Gasteiger partial charge in [-0.15, -0.1) is 0 Å². The number of nitrogens with zero attached hydrogens (tertiary/aromatic N) is 3. The van der Waals surface area contributed by atoms with Gasteiger partial charge in [-0.05, 0) is 68.1 Å². The SMILES string of the molecule is CC(=O)Nc1ccc(CNCC2CC3CCN2CC3c2cc(-c3ccco3)nc(C)n2)cc1. The van der Waals surface area contributed by atoms with Crippen LogP contribution in [-0.2, 0) is 11.3 Å². The number of hydrogen-bond acceptors (Lipinski definition) is 6. The summed E-state index contributed by atoms with van der Waals surface area (Å²) in [4.78, 5) is 23.2. The number of carbonyl (C=O) groups is 1. The molecule has 2 N–H and O–H groups in total. The second kappa shape index (κ2) is 9.45. The normalized spacial score (nSPS) is 24.1. The lowest BCUT2D eigenvalue weighted by Crippen LogP contribution is -2.55. The summed E-state index contributed by atoms with van der Waals surface area (Å²) in [5.41, 5.74) is 4.08. The van der Waals surface area contributed by atoms with Gasteiger partial charge in [0.25, 0.3) is 0 Å². The lowest BCUT2D eigenvalue weighted by Gasteiger charge is -2.50. The summed E-state index contributed by atoms with van der Waals surface area (Å²) < 4.78 is 5.57. The molecule has 5 heterocycles. The average molecular weight is 446 g/mol. The summed E-state index contributed by atoms with van der Waals surface area (Å²) >= 11 is 0. The van der Waals surface area contributed by atoms with Crippen molar-refractivity contribution in [2.45, 2.75) is 45.2 Å². The van der Waals surface area contributed by atoms with Crippen molar-refractivity contribution >= 4 is 11.6 Å². The van der Waals surface area contributed by atoms with Crippen molar-refractivity contribution in [3.05, 3.63) is 65.8 Å². The molecule has 0 saturated carbocycles. The number of amides is 1. The fraction of sp³-hybridized carbons (Fsp3) is 0.423. The number of rotatable bonds is 7. The molecule has 0 radical (unpaired) electrons. The summed E-state index contributed by atoms with van der Waals surface area (Å²) in [5, 5.41) is 6.45. The van der Waals surface area contributed by atoms with Crippen molar-refractivity contribution in [3.63, 3.8) is 0 Å². The average Bonchev–Trinajstić information content (AvgIpc) is 3.35. The van der Waals surface area contributed by atoms with Gasteiger partial charge in [-0.2, -0.15) is 0 Å². The maximum Gasteiger partial charge on any atom is 0.221 e. The van der Waals surface area contributed by atoms with E-state index in [4.69, 9.17) is 9.40 Å². The third-order valence-electron chi connectivity index (χ3n) is 6.87. The van der Waals surface area contributed by atoms with Gasteiger partial charge in [0, 0.05) is 49.9 Å². The van der Waals surface area contributed by atoms with Crippen molar-refractivity contribution in [3.8, 4) is 11.5 Å². The van der Waals surface area contributed by atoms with E-state index in [9.17, 15) is 4.79 Å². The van der Waals surface area contributed by atoms with Gasteiger partial charge in [0.15, 0.2) is 5.76 Å². The number of anilines is 1. The Morgan fingerprint density at radius 3 is 2.76 bits per heavy atom.